The number of hydrogen-bond donors (Lipinski definition) is 0. The van der Waals surface area contributed by atoms with Gasteiger partial charge in [-0.1, -0.05) is 25.5 Å². The number of rotatable bonds is 5. The molecule has 0 amide bonds. The molecule has 0 saturated carbocycles. The van der Waals surface area contributed by atoms with Crippen LogP contribution in [0.3, 0.4) is 0 Å². The van der Waals surface area contributed by atoms with Gasteiger partial charge in [-0.2, -0.15) is 0 Å². The fraction of sp³-hybridized carbons (Fsp3) is 0.750. The molecule has 15 heavy (non-hydrogen) atoms. The Kier molecular flexibility index (Phi) is 5.98. The van der Waals surface area contributed by atoms with E-state index < -0.39 is 0 Å². The number of likely N-dealkylation sites (tertiary alicyclic amines) is 1. The molecule has 1 rings (SSSR count). The lowest BCUT2D eigenvalue weighted by atomic mass is 9.99. The highest BCUT2D eigenvalue weighted by molar-refractivity contribution is 5.33. The molecule has 0 aromatic heterocycles. The van der Waals surface area contributed by atoms with Crippen molar-refractivity contribution in [2.75, 3.05) is 19.6 Å². The number of hydrogen-bond acceptors (Lipinski definition) is 3. The quantitative estimate of drug-likeness (QED) is 0.394. The van der Waals surface area contributed by atoms with Crippen molar-refractivity contribution < 1.29 is 4.79 Å². The first-order valence-corrected chi connectivity index (χ1v) is 5.81. The minimum absolute atomic E-state index is 0.475. The van der Waals surface area contributed by atoms with E-state index in [-0.39, 0.29) is 0 Å². The van der Waals surface area contributed by atoms with Crippen LogP contribution in [0.15, 0.2) is 17.1 Å². The van der Waals surface area contributed by atoms with Crippen molar-refractivity contribution in [3.05, 3.63) is 12.2 Å². The van der Waals surface area contributed by atoms with E-state index >= 15 is 0 Å². The van der Waals surface area contributed by atoms with Crippen LogP contribution in [0.5, 0.6) is 0 Å². The van der Waals surface area contributed by atoms with Crippen LogP contribution in [-0.2, 0) is 4.79 Å². The molecule has 1 fully saturated rings. The van der Waals surface area contributed by atoms with Gasteiger partial charge in [0.25, 0.3) is 0 Å². The van der Waals surface area contributed by atoms with Crippen molar-refractivity contribution in [3.8, 4) is 0 Å². The lowest BCUT2D eigenvalue weighted by molar-refractivity contribution is 0.157. The molecule has 1 aliphatic rings. The molecule has 1 atom stereocenters. The van der Waals surface area contributed by atoms with Crippen LogP contribution >= 0.6 is 0 Å². The van der Waals surface area contributed by atoms with Crippen molar-refractivity contribution >= 4 is 6.08 Å². The van der Waals surface area contributed by atoms with Crippen molar-refractivity contribution in [3.63, 3.8) is 0 Å². The van der Waals surface area contributed by atoms with Crippen LogP contribution in [0, 0.1) is 0 Å². The van der Waals surface area contributed by atoms with Crippen LogP contribution in [-0.4, -0.2) is 36.7 Å². The summed E-state index contributed by atoms with van der Waals surface area (Å²) in [6.07, 6.45) is 10.7. The minimum Gasteiger partial charge on any atom is -0.300 e. The van der Waals surface area contributed by atoms with E-state index in [0.717, 1.165) is 13.0 Å². The van der Waals surface area contributed by atoms with Gasteiger partial charge in [0.15, 0.2) is 0 Å². The smallest absolute Gasteiger partial charge is 0.235 e. The summed E-state index contributed by atoms with van der Waals surface area (Å²) < 4.78 is 0. The maximum Gasteiger partial charge on any atom is 0.235 e. The third-order valence-electron chi connectivity index (χ3n) is 2.99. The highest BCUT2D eigenvalue weighted by Gasteiger charge is 2.18. The molecule has 0 spiro atoms. The molecule has 3 nitrogen and oxygen atoms in total. The van der Waals surface area contributed by atoms with Crippen LogP contribution in [0.25, 0.3) is 0 Å². The zero-order valence-electron chi connectivity index (χ0n) is 9.48. The molecule has 1 aliphatic heterocycles. The van der Waals surface area contributed by atoms with E-state index in [2.05, 4.69) is 22.9 Å². The summed E-state index contributed by atoms with van der Waals surface area (Å²) >= 11 is 0. The summed E-state index contributed by atoms with van der Waals surface area (Å²) in [6, 6.07) is 0.695. The Labute approximate surface area is 91.9 Å². The number of nitrogens with zero attached hydrogens (tertiary/aromatic N) is 2. The third kappa shape index (κ3) is 4.41. The van der Waals surface area contributed by atoms with Crippen LogP contribution < -0.4 is 0 Å². The molecule has 3 heteroatoms. The van der Waals surface area contributed by atoms with Crippen LogP contribution in [0.2, 0.25) is 0 Å². The van der Waals surface area contributed by atoms with Gasteiger partial charge in [-0.3, -0.25) is 0 Å². The molecule has 1 unspecified atom stereocenters. The van der Waals surface area contributed by atoms with Gasteiger partial charge >= 0.3 is 0 Å². The highest BCUT2D eigenvalue weighted by atomic mass is 16.1. The Morgan fingerprint density at radius 1 is 1.47 bits per heavy atom. The summed E-state index contributed by atoms with van der Waals surface area (Å²) in [4.78, 5) is 15.9. The van der Waals surface area contributed by atoms with Gasteiger partial charge in [-0.05, 0) is 32.4 Å². The van der Waals surface area contributed by atoms with Gasteiger partial charge in [0.05, 0.1) is 6.54 Å². The number of carbonyl (C=O) groups excluding carboxylic acids is 1. The molecule has 0 aromatic carbocycles. The summed E-state index contributed by atoms with van der Waals surface area (Å²) in [5.74, 6) is 0. The van der Waals surface area contributed by atoms with Crippen LogP contribution in [0.4, 0.5) is 0 Å². The van der Waals surface area contributed by atoms with E-state index in [0.29, 0.717) is 12.6 Å². The average Bonchev–Trinajstić information content (AvgIpc) is 2.29. The minimum atomic E-state index is 0.475. The second kappa shape index (κ2) is 7.38. The second-order valence-electron chi connectivity index (χ2n) is 3.92. The first kappa shape index (κ1) is 12.2. The first-order chi connectivity index (χ1) is 7.38. The Morgan fingerprint density at radius 3 is 3.07 bits per heavy atom. The zero-order valence-corrected chi connectivity index (χ0v) is 9.48. The molecule has 0 aromatic rings. The van der Waals surface area contributed by atoms with Gasteiger partial charge in [0, 0.05) is 6.04 Å². The Balaban J connectivity index is 2.28. The second-order valence-corrected chi connectivity index (χ2v) is 3.92. The predicted octanol–water partition coefficient (Wildman–Crippen LogP) is 2.14. The third-order valence-corrected chi connectivity index (χ3v) is 2.99. The zero-order chi connectivity index (χ0) is 10.9. The Hall–Kier alpha value is -0.920. The van der Waals surface area contributed by atoms with E-state index in [1.165, 1.54) is 31.9 Å². The van der Waals surface area contributed by atoms with Gasteiger partial charge < -0.3 is 4.90 Å². The van der Waals surface area contributed by atoms with Gasteiger partial charge in [-0.15, -0.1) is 0 Å². The van der Waals surface area contributed by atoms with Crippen molar-refractivity contribution in [1.82, 2.24) is 4.90 Å². The lowest BCUT2D eigenvalue weighted by Gasteiger charge is -2.34. The summed E-state index contributed by atoms with van der Waals surface area (Å²) in [6.45, 7) is 5.08. The fourth-order valence-electron chi connectivity index (χ4n) is 2.16. The van der Waals surface area contributed by atoms with Gasteiger partial charge in [0.2, 0.25) is 6.08 Å². The monoisotopic (exact) mass is 208 g/mol. The van der Waals surface area contributed by atoms with Crippen LogP contribution in [0.1, 0.15) is 32.6 Å². The van der Waals surface area contributed by atoms with E-state index in [1.807, 2.05) is 6.08 Å². The maximum atomic E-state index is 9.83. The lowest BCUT2D eigenvalue weighted by Crippen LogP contribution is -2.38. The van der Waals surface area contributed by atoms with E-state index in [9.17, 15) is 4.79 Å². The van der Waals surface area contributed by atoms with Gasteiger partial charge in [-0.25, -0.2) is 9.79 Å². The Bertz CT molecular complexity index is 244. The average molecular weight is 208 g/mol. The Morgan fingerprint density at radius 2 is 2.33 bits per heavy atom. The molecule has 84 valence electrons. The van der Waals surface area contributed by atoms with Gasteiger partial charge in [0.1, 0.15) is 0 Å². The normalized spacial score (nSPS) is 22.9. The summed E-state index contributed by atoms with van der Waals surface area (Å²) in [5.41, 5.74) is 0. The van der Waals surface area contributed by atoms with E-state index in [1.54, 1.807) is 0 Å². The molecule has 0 radical (unpaired) electrons. The molecule has 1 heterocycles. The maximum absolute atomic E-state index is 9.83. The molecule has 0 N–H and O–H groups in total. The largest absolute Gasteiger partial charge is 0.300 e. The van der Waals surface area contributed by atoms with Crippen molar-refractivity contribution in [2.45, 2.75) is 38.6 Å². The van der Waals surface area contributed by atoms with E-state index in [4.69, 9.17) is 0 Å². The standard InChI is InChI=1S/C12H20N2O/c1-2-14-10-6-4-8-12(14)7-3-5-9-13-11-15/h3,5,12H,2,4,6-10H2,1H3/b5-3-. The number of isocyanates is 1. The topological polar surface area (TPSA) is 32.7 Å². The predicted molar refractivity (Wildman–Crippen MR) is 61.6 cm³/mol. The molecule has 0 bridgehead atoms. The van der Waals surface area contributed by atoms with Crippen molar-refractivity contribution in [2.24, 2.45) is 4.99 Å². The molecular formula is C12H20N2O. The molecule has 0 aliphatic carbocycles. The fourth-order valence-corrected chi connectivity index (χ4v) is 2.16. The first-order valence-electron chi connectivity index (χ1n) is 5.81. The van der Waals surface area contributed by atoms with Crippen molar-refractivity contribution in [1.29, 1.82) is 0 Å². The summed E-state index contributed by atoms with van der Waals surface area (Å²) in [7, 11) is 0. The number of piperidine rings is 1. The SMILES string of the molecule is CCN1CCCCC1C/C=C\CN=C=O. The molecule has 1 saturated heterocycles. The summed E-state index contributed by atoms with van der Waals surface area (Å²) in [5, 5.41) is 0. The highest BCUT2D eigenvalue weighted by Crippen LogP contribution is 2.19. The molecular weight excluding hydrogens is 188 g/mol. The number of aliphatic imine (C=N–C) groups is 1.